The van der Waals surface area contributed by atoms with Gasteiger partial charge in [0.25, 0.3) is 5.91 Å². The highest BCUT2D eigenvalue weighted by atomic mass is 32.1. The van der Waals surface area contributed by atoms with Crippen molar-refractivity contribution in [1.82, 2.24) is 14.3 Å². The number of aryl methyl sites for hydroxylation is 1. The molecule has 0 aliphatic heterocycles. The number of carbonyl (C=O) groups excluding carboxylic acids is 1. The van der Waals surface area contributed by atoms with Crippen molar-refractivity contribution in [3.05, 3.63) is 107 Å². The van der Waals surface area contributed by atoms with E-state index in [0.717, 1.165) is 34.1 Å². The quantitative estimate of drug-likeness (QED) is 0.268. The molecule has 0 saturated carbocycles. The van der Waals surface area contributed by atoms with Crippen molar-refractivity contribution in [1.29, 1.82) is 0 Å². The number of aromatic nitrogens is 2. The second-order valence-electron chi connectivity index (χ2n) is 8.12. The third kappa shape index (κ3) is 4.65. The highest BCUT2D eigenvalue weighted by Gasteiger charge is 2.19. The van der Waals surface area contributed by atoms with Crippen LogP contribution in [0.25, 0.3) is 16.2 Å². The molecule has 1 amide bonds. The number of amides is 1. The predicted octanol–water partition coefficient (Wildman–Crippen LogP) is 6.24. The lowest BCUT2D eigenvalue weighted by Crippen LogP contribution is -2.32. The molecular weight excluding hydrogens is 449 g/mol. The average Bonchev–Trinajstić information content (AvgIpc) is 3.60. The number of furan rings is 1. The fourth-order valence-electron chi connectivity index (χ4n) is 3.93. The monoisotopic (exact) mass is 473 g/mol. The van der Waals surface area contributed by atoms with E-state index in [1.807, 2.05) is 47.5 Å². The third-order valence-electron chi connectivity index (χ3n) is 5.88. The maximum atomic E-state index is 13.3. The van der Waals surface area contributed by atoms with Gasteiger partial charge in [0.2, 0.25) is 0 Å². The number of halogens is 1. The molecule has 0 fully saturated rings. The Morgan fingerprint density at radius 3 is 2.62 bits per heavy atom. The first-order chi connectivity index (χ1) is 16.6. The number of hydrogen-bond donors (Lipinski definition) is 0. The van der Waals surface area contributed by atoms with E-state index in [2.05, 4.69) is 21.7 Å². The van der Waals surface area contributed by atoms with Crippen LogP contribution in [0.4, 0.5) is 4.39 Å². The molecule has 7 heteroatoms. The zero-order chi connectivity index (χ0) is 23.5. The second-order valence-corrected chi connectivity index (χ2v) is 8.96. The smallest absolute Gasteiger partial charge is 0.254 e. The van der Waals surface area contributed by atoms with Crippen LogP contribution in [0.2, 0.25) is 0 Å². The number of rotatable bonds is 8. The summed E-state index contributed by atoms with van der Waals surface area (Å²) < 4.78 is 20.9. The van der Waals surface area contributed by atoms with Gasteiger partial charge in [0, 0.05) is 41.4 Å². The summed E-state index contributed by atoms with van der Waals surface area (Å²) in [5.41, 5.74) is 4.60. The van der Waals surface area contributed by atoms with Crippen LogP contribution >= 0.6 is 11.3 Å². The van der Waals surface area contributed by atoms with Gasteiger partial charge in [0.15, 0.2) is 4.96 Å². The van der Waals surface area contributed by atoms with E-state index in [4.69, 9.17) is 4.42 Å². The second kappa shape index (κ2) is 9.65. The zero-order valence-electron chi connectivity index (χ0n) is 18.8. The minimum Gasteiger partial charge on any atom is -0.467 e. The molecule has 0 bridgehead atoms. The van der Waals surface area contributed by atoms with Crippen LogP contribution in [-0.2, 0) is 19.4 Å². The van der Waals surface area contributed by atoms with Gasteiger partial charge < -0.3 is 9.32 Å². The van der Waals surface area contributed by atoms with Crippen LogP contribution in [0.1, 0.15) is 34.3 Å². The van der Waals surface area contributed by atoms with Gasteiger partial charge in [0.05, 0.1) is 18.5 Å². The Balaban J connectivity index is 1.37. The van der Waals surface area contributed by atoms with E-state index < -0.39 is 0 Å². The van der Waals surface area contributed by atoms with Crippen molar-refractivity contribution in [3.63, 3.8) is 0 Å². The number of imidazole rings is 1. The molecule has 0 aliphatic rings. The number of benzene rings is 2. The van der Waals surface area contributed by atoms with Crippen LogP contribution in [0.3, 0.4) is 0 Å². The van der Waals surface area contributed by atoms with Gasteiger partial charge in [-0.1, -0.05) is 19.1 Å². The van der Waals surface area contributed by atoms with Crippen molar-refractivity contribution in [2.24, 2.45) is 0 Å². The van der Waals surface area contributed by atoms with Crippen molar-refractivity contribution in [2.45, 2.75) is 26.3 Å². The van der Waals surface area contributed by atoms with E-state index >= 15 is 0 Å². The van der Waals surface area contributed by atoms with Crippen LogP contribution in [-0.4, -0.2) is 26.7 Å². The molecule has 172 valence electrons. The highest BCUT2D eigenvalue weighted by molar-refractivity contribution is 7.15. The lowest BCUT2D eigenvalue weighted by Gasteiger charge is -2.22. The fourth-order valence-corrected chi connectivity index (χ4v) is 4.83. The van der Waals surface area contributed by atoms with Gasteiger partial charge in [-0.3, -0.25) is 9.20 Å². The molecule has 3 aromatic heterocycles. The van der Waals surface area contributed by atoms with Gasteiger partial charge in [-0.15, -0.1) is 11.3 Å². The van der Waals surface area contributed by atoms with Gasteiger partial charge in [-0.25, -0.2) is 9.37 Å². The zero-order valence-corrected chi connectivity index (χ0v) is 19.6. The van der Waals surface area contributed by atoms with Gasteiger partial charge >= 0.3 is 0 Å². The summed E-state index contributed by atoms with van der Waals surface area (Å²) in [5.74, 6) is 0.453. The van der Waals surface area contributed by atoms with E-state index in [1.165, 1.54) is 17.7 Å². The molecule has 0 atom stereocenters. The predicted molar refractivity (Wildman–Crippen MR) is 131 cm³/mol. The van der Waals surface area contributed by atoms with Crippen LogP contribution < -0.4 is 0 Å². The Morgan fingerprint density at radius 1 is 1.12 bits per heavy atom. The van der Waals surface area contributed by atoms with Crippen molar-refractivity contribution in [2.75, 3.05) is 6.54 Å². The fraction of sp³-hybridized carbons (Fsp3) is 0.185. The summed E-state index contributed by atoms with van der Waals surface area (Å²) >= 11 is 1.55. The molecule has 5 aromatic rings. The Morgan fingerprint density at radius 2 is 1.91 bits per heavy atom. The molecule has 0 unspecified atom stereocenters. The summed E-state index contributed by atoms with van der Waals surface area (Å²) in [7, 11) is 0. The molecule has 0 spiro atoms. The topological polar surface area (TPSA) is 50.8 Å². The minimum atomic E-state index is -0.267. The molecule has 5 rings (SSSR count). The van der Waals surface area contributed by atoms with Crippen LogP contribution in [0.5, 0.6) is 0 Å². The number of hydrogen-bond acceptors (Lipinski definition) is 4. The summed E-state index contributed by atoms with van der Waals surface area (Å²) in [4.78, 5) is 20.7. The Bertz CT molecular complexity index is 1390. The lowest BCUT2D eigenvalue weighted by atomic mass is 10.1. The summed E-state index contributed by atoms with van der Waals surface area (Å²) in [5, 5.41) is 2.07. The first-order valence-electron chi connectivity index (χ1n) is 11.2. The van der Waals surface area contributed by atoms with E-state index in [-0.39, 0.29) is 11.7 Å². The Labute approximate surface area is 201 Å². The summed E-state index contributed by atoms with van der Waals surface area (Å²) in [6, 6.07) is 17.8. The average molecular weight is 474 g/mol. The van der Waals surface area contributed by atoms with Crippen molar-refractivity contribution in [3.8, 4) is 11.3 Å². The Kier molecular flexibility index (Phi) is 6.27. The van der Waals surface area contributed by atoms with E-state index in [0.29, 0.717) is 25.1 Å². The van der Waals surface area contributed by atoms with Gasteiger partial charge in [-0.2, -0.15) is 0 Å². The molecule has 0 saturated heterocycles. The molecule has 34 heavy (non-hydrogen) atoms. The van der Waals surface area contributed by atoms with E-state index in [9.17, 15) is 9.18 Å². The lowest BCUT2D eigenvalue weighted by molar-refractivity contribution is 0.0733. The van der Waals surface area contributed by atoms with Crippen molar-refractivity contribution >= 4 is 22.2 Å². The molecule has 0 radical (unpaired) electrons. The van der Waals surface area contributed by atoms with Crippen molar-refractivity contribution < 1.29 is 13.6 Å². The molecule has 0 N–H and O–H groups in total. The SMILES string of the molecule is CCc1ccc(C(=O)N(CCc2csc3nc(-c4ccc(F)cc4)cn23)Cc2ccco2)cc1. The first-order valence-corrected chi connectivity index (χ1v) is 12.1. The number of carbonyl (C=O) groups is 1. The first kappa shape index (κ1) is 22.1. The standard InChI is InChI=1S/C27H24FN3O2S/c1-2-19-5-7-21(8-6-19)26(32)30(16-24-4-3-15-33-24)14-13-23-18-34-27-29-25(17-31(23)27)20-9-11-22(28)12-10-20/h3-12,15,17-18H,2,13-14,16H2,1H3. The summed E-state index contributed by atoms with van der Waals surface area (Å²) in [6.07, 6.45) is 5.19. The van der Waals surface area contributed by atoms with Crippen LogP contribution in [0.15, 0.2) is 82.9 Å². The molecule has 2 aromatic carbocycles. The highest BCUT2D eigenvalue weighted by Crippen LogP contribution is 2.24. The molecule has 3 heterocycles. The Hall–Kier alpha value is -3.71. The third-order valence-corrected chi connectivity index (χ3v) is 6.77. The molecule has 5 nitrogen and oxygen atoms in total. The van der Waals surface area contributed by atoms with Gasteiger partial charge in [0.1, 0.15) is 11.6 Å². The normalized spacial score (nSPS) is 11.2. The van der Waals surface area contributed by atoms with Crippen LogP contribution in [0, 0.1) is 5.82 Å². The van der Waals surface area contributed by atoms with Gasteiger partial charge in [-0.05, 0) is 60.5 Å². The largest absolute Gasteiger partial charge is 0.467 e. The minimum absolute atomic E-state index is 0.0249. The molecule has 0 aliphatic carbocycles. The number of thiazole rings is 1. The number of fused-ring (bicyclic) bond motifs is 1. The van der Waals surface area contributed by atoms with E-state index in [1.54, 1.807) is 29.7 Å². The summed E-state index contributed by atoms with van der Waals surface area (Å²) in [6.45, 7) is 3.03. The maximum absolute atomic E-state index is 13.3. The molecular formula is C27H24FN3O2S. The number of nitrogens with zero attached hydrogens (tertiary/aromatic N) is 3. The maximum Gasteiger partial charge on any atom is 0.254 e.